The van der Waals surface area contributed by atoms with Crippen molar-refractivity contribution < 1.29 is 24.5 Å². The maximum absolute atomic E-state index is 11.7. The molecule has 3 atom stereocenters. The molecule has 2 aliphatic rings. The Hall–Kier alpha value is -1.38. The van der Waals surface area contributed by atoms with Gasteiger partial charge in [-0.15, -0.1) is 0 Å². The van der Waals surface area contributed by atoms with Gasteiger partial charge >= 0.3 is 12.0 Å². The van der Waals surface area contributed by atoms with E-state index in [-0.39, 0.29) is 19.1 Å². The van der Waals surface area contributed by atoms with E-state index in [1.807, 2.05) is 0 Å². The fourth-order valence-electron chi connectivity index (χ4n) is 2.81. The van der Waals surface area contributed by atoms with Crippen molar-refractivity contribution >= 4 is 12.0 Å². The van der Waals surface area contributed by atoms with Gasteiger partial charge in [-0.3, -0.25) is 4.90 Å². The molecular formula is C13H23N3O5. The molecule has 8 nitrogen and oxygen atoms in total. The molecule has 0 aromatic heterocycles. The number of hydrogen-bond acceptors (Lipinski definition) is 5. The van der Waals surface area contributed by atoms with Crippen molar-refractivity contribution in [1.29, 1.82) is 0 Å². The number of rotatable bonds is 6. The molecule has 2 saturated heterocycles. The van der Waals surface area contributed by atoms with Crippen molar-refractivity contribution in [2.75, 3.05) is 32.8 Å². The van der Waals surface area contributed by atoms with E-state index < -0.39 is 18.0 Å². The third kappa shape index (κ3) is 4.55. The monoisotopic (exact) mass is 301 g/mol. The summed E-state index contributed by atoms with van der Waals surface area (Å²) in [5.74, 6) is -1.16. The average molecular weight is 301 g/mol. The molecule has 0 aromatic rings. The quantitative estimate of drug-likeness (QED) is 0.500. The summed E-state index contributed by atoms with van der Waals surface area (Å²) >= 11 is 0. The highest BCUT2D eigenvalue weighted by molar-refractivity contribution is 5.82. The number of aliphatic hydroxyl groups is 1. The lowest BCUT2D eigenvalue weighted by Gasteiger charge is -2.35. The van der Waals surface area contributed by atoms with E-state index in [1.165, 1.54) is 12.8 Å². The van der Waals surface area contributed by atoms with Crippen LogP contribution in [0.5, 0.6) is 0 Å². The van der Waals surface area contributed by atoms with Crippen LogP contribution >= 0.6 is 0 Å². The lowest BCUT2D eigenvalue weighted by Crippen LogP contribution is -2.52. The highest BCUT2D eigenvalue weighted by Crippen LogP contribution is 2.22. The minimum absolute atomic E-state index is 0.0157. The van der Waals surface area contributed by atoms with Gasteiger partial charge in [-0.25, -0.2) is 9.59 Å². The molecule has 2 amide bonds. The first kappa shape index (κ1) is 16.0. The van der Waals surface area contributed by atoms with Gasteiger partial charge in [-0.05, 0) is 19.4 Å². The topological polar surface area (TPSA) is 111 Å². The first-order valence-corrected chi connectivity index (χ1v) is 7.34. The van der Waals surface area contributed by atoms with E-state index in [9.17, 15) is 9.59 Å². The fourth-order valence-corrected chi connectivity index (χ4v) is 2.81. The third-order valence-corrected chi connectivity index (χ3v) is 3.97. The smallest absolute Gasteiger partial charge is 0.326 e. The van der Waals surface area contributed by atoms with Crippen molar-refractivity contribution in [3.8, 4) is 0 Å². The lowest BCUT2D eigenvalue weighted by atomic mass is 10.2. The van der Waals surface area contributed by atoms with E-state index in [0.717, 1.165) is 13.1 Å². The molecule has 2 fully saturated rings. The minimum Gasteiger partial charge on any atom is -0.480 e. The third-order valence-electron chi connectivity index (χ3n) is 3.97. The molecule has 21 heavy (non-hydrogen) atoms. The number of nitrogens with one attached hydrogen (secondary N) is 2. The maximum Gasteiger partial charge on any atom is 0.326 e. The number of carbonyl (C=O) groups excluding carboxylic acids is 1. The van der Waals surface area contributed by atoms with Gasteiger partial charge in [0.2, 0.25) is 0 Å². The lowest BCUT2D eigenvalue weighted by molar-refractivity contribution is -0.139. The molecule has 0 aliphatic carbocycles. The van der Waals surface area contributed by atoms with Gasteiger partial charge in [0.1, 0.15) is 6.04 Å². The number of nitrogens with zero attached hydrogens (tertiary/aromatic N) is 1. The number of hydrogen-bond donors (Lipinski definition) is 4. The Morgan fingerprint density at radius 1 is 1.43 bits per heavy atom. The molecule has 0 saturated carbocycles. The van der Waals surface area contributed by atoms with Crippen molar-refractivity contribution in [2.24, 2.45) is 0 Å². The second kappa shape index (κ2) is 7.58. The number of fused-ring (bicyclic) bond motifs is 1. The zero-order valence-electron chi connectivity index (χ0n) is 12.0. The van der Waals surface area contributed by atoms with Crippen LogP contribution in [0.4, 0.5) is 4.79 Å². The van der Waals surface area contributed by atoms with Gasteiger partial charge in [0.15, 0.2) is 0 Å². The number of amides is 2. The van der Waals surface area contributed by atoms with Crippen molar-refractivity contribution in [3.05, 3.63) is 0 Å². The standard InChI is InChI=1S/C13H23N3O5/c17-5-3-11(12(18)19)15-13(20)14-6-10-7-16-4-1-2-9(16)8-21-10/h9-11,17H,1-8H2,(H,18,19)(H2,14,15,20)/t9?,10?,11-/m1/s1. The Morgan fingerprint density at radius 3 is 2.95 bits per heavy atom. The number of carboxylic acid groups (broad SMARTS) is 1. The zero-order chi connectivity index (χ0) is 15.2. The van der Waals surface area contributed by atoms with Gasteiger partial charge in [0.25, 0.3) is 0 Å². The van der Waals surface area contributed by atoms with Crippen LogP contribution in [-0.2, 0) is 9.53 Å². The zero-order valence-corrected chi connectivity index (χ0v) is 12.0. The van der Waals surface area contributed by atoms with Crippen molar-refractivity contribution in [2.45, 2.75) is 37.5 Å². The summed E-state index contributed by atoms with van der Waals surface area (Å²) in [5, 5.41) is 22.6. The summed E-state index contributed by atoms with van der Waals surface area (Å²) < 4.78 is 5.70. The van der Waals surface area contributed by atoms with E-state index >= 15 is 0 Å². The molecule has 2 aliphatic heterocycles. The van der Waals surface area contributed by atoms with Gasteiger partial charge in [-0.2, -0.15) is 0 Å². The first-order chi connectivity index (χ1) is 10.1. The second-order valence-corrected chi connectivity index (χ2v) is 5.50. The Balaban J connectivity index is 1.70. The average Bonchev–Trinajstić information content (AvgIpc) is 2.92. The molecule has 2 rings (SSSR count). The SMILES string of the molecule is O=C(NCC1CN2CCCC2CO1)N[C@H](CCO)C(=O)O. The number of morpholine rings is 1. The van der Waals surface area contributed by atoms with Crippen LogP contribution in [0.2, 0.25) is 0 Å². The number of urea groups is 1. The summed E-state index contributed by atoms with van der Waals surface area (Å²) in [6, 6.07) is -1.12. The number of aliphatic carboxylic acids is 1. The van der Waals surface area contributed by atoms with Crippen LogP contribution in [0.1, 0.15) is 19.3 Å². The normalized spacial score (nSPS) is 26.9. The highest BCUT2D eigenvalue weighted by Gasteiger charge is 2.32. The van der Waals surface area contributed by atoms with Crippen LogP contribution < -0.4 is 10.6 Å². The minimum atomic E-state index is -1.16. The van der Waals surface area contributed by atoms with E-state index in [1.54, 1.807) is 0 Å². The van der Waals surface area contributed by atoms with Crippen LogP contribution in [0, 0.1) is 0 Å². The summed E-state index contributed by atoms with van der Waals surface area (Å²) in [7, 11) is 0. The molecular weight excluding hydrogens is 278 g/mol. The van der Waals surface area contributed by atoms with Crippen LogP contribution in [0.3, 0.4) is 0 Å². The van der Waals surface area contributed by atoms with Gasteiger partial charge in [-0.1, -0.05) is 0 Å². The molecule has 8 heteroatoms. The molecule has 0 spiro atoms. The predicted octanol–water partition coefficient (Wildman–Crippen LogP) is -1.02. The predicted molar refractivity (Wildman–Crippen MR) is 74.0 cm³/mol. The highest BCUT2D eigenvalue weighted by atomic mass is 16.5. The molecule has 4 N–H and O–H groups in total. The van der Waals surface area contributed by atoms with Crippen molar-refractivity contribution in [3.63, 3.8) is 0 Å². The van der Waals surface area contributed by atoms with Crippen molar-refractivity contribution in [1.82, 2.24) is 15.5 Å². The van der Waals surface area contributed by atoms with Gasteiger partial charge < -0.3 is 25.6 Å². The molecule has 120 valence electrons. The summed E-state index contributed by atoms with van der Waals surface area (Å²) in [6.45, 7) is 2.62. The molecule has 0 radical (unpaired) electrons. The van der Waals surface area contributed by atoms with Crippen LogP contribution in [0.15, 0.2) is 0 Å². The molecule has 0 aromatic carbocycles. The van der Waals surface area contributed by atoms with E-state index in [0.29, 0.717) is 19.2 Å². The molecule has 2 heterocycles. The van der Waals surface area contributed by atoms with Gasteiger partial charge in [0.05, 0.1) is 12.7 Å². The largest absolute Gasteiger partial charge is 0.480 e. The maximum atomic E-state index is 11.7. The number of carboxylic acids is 1. The first-order valence-electron chi connectivity index (χ1n) is 7.34. The molecule has 0 bridgehead atoms. The number of ether oxygens (including phenoxy) is 1. The Kier molecular flexibility index (Phi) is 5.77. The second-order valence-electron chi connectivity index (χ2n) is 5.50. The van der Waals surface area contributed by atoms with Crippen LogP contribution in [0.25, 0.3) is 0 Å². The Labute approximate surface area is 123 Å². The fraction of sp³-hybridized carbons (Fsp3) is 0.846. The van der Waals surface area contributed by atoms with Gasteiger partial charge in [0, 0.05) is 32.2 Å². The summed E-state index contributed by atoms with van der Waals surface area (Å²) in [4.78, 5) is 24.9. The summed E-state index contributed by atoms with van der Waals surface area (Å²) in [5.41, 5.74) is 0. The number of carbonyl (C=O) groups is 2. The Bertz CT molecular complexity index is 379. The van der Waals surface area contributed by atoms with Crippen LogP contribution in [-0.4, -0.2) is 78.1 Å². The molecule has 2 unspecified atom stereocenters. The summed E-state index contributed by atoms with van der Waals surface area (Å²) in [6.07, 6.45) is 2.28. The van der Waals surface area contributed by atoms with E-state index in [4.69, 9.17) is 14.9 Å². The van der Waals surface area contributed by atoms with E-state index in [2.05, 4.69) is 15.5 Å². The number of aliphatic hydroxyl groups excluding tert-OH is 1. The Morgan fingerprint density at radius 2 is 2.24 bits per heavy atom.